The summed E-state index contributed by atoms with van der Waals surface area (Å²) in [5, 5.41) is 2.83. The molecule has 1 aliphatic heterocycles. The van der Waals surface area contributed by atoms with Gasteiger partial charge < -0.3 is 15.0 Å². The average Bonchev–Trinajstić information content (AvgIpc) is 3.08. The number of esters is 1. The van der Waals surface area contributed by atoms with E-state index in [1.165, 1.54) is 6.92 Å². The number of nitrogens with zero attached hydrogens (tertiary/aromatic N) is 1. The van der Waals surface area contributed by atoms with Crippen LogP contribution in [0, 0.1) is 0 Å². The molecule has 0 unspecified atom stereocenters. The molecule has 1 N–H and O–H groups in total. The molecule has 2 amide bonds. The highest BCUT2D eigenvalue weighted by Crippen LogP contribution is 2.15. The first-order valence-electron chi connectivity index (χ1n) is 7.95. The SMILES string of the molecule is C[C@H](NC(=O)c1ccccc1Cl)C(=O)O[C@H](C)C(=O)N1CCCC1. The summed E-state index contributed by atoms with van der Waals surface area (Å²) >= 11 is 5.95. The summed E-state index contributed by atoms with van der Waals surface area (Å²) < 4.78 is 5.18. The second kappa shape index (κ2) is 8.15. The second-order valence-corrected chi connectivity index (χ2v) is 6.19. The number of hydrogen-bond acceptors (Lipinski definition) is 4. The van der Waals surface area contributed by atoms with Gasteiger partial charge in [-0.1, -0.05) is 23.7 Å². The molecule has 0 spiro atoms. The Morgan fingerprint density at radius 3 is 2.42 bits per heavy atom. The van der Waals surface area contributed by atoms with Gasteiger partial charge in [0.1, 0.15) is 6.04 Å². The van der Waals surface area contributed by atoms with Gasteiger partial charge in [-0.3, -0.25) is 9.59 Å². The maximum atomic E-state index is 12.1. The third-order valence-corrected chi connectivity index (χ3v) is 4.21. The molecule has 2 atom stereocenters. The molecule has 1 fully saturated rings. The molecule has 24 heavy (non-hydrogen) atoms. The molecule has 0 aromatic heterocycles. The van der Waals surface area contributed by atoms with E-state index in [2.05, 4.69) is 5.32 Å². The molecule has 2 rings (SSSR count). The maximum Gasteiger partial charge on any atom is 0.329 e. The summed E-state index contributed by atoms with van der Waals surface area (Å²) in [4.78, 5) is 38.0. The van der Waals surface area contributed by atoms with Crippen molar-refractivity contribution in [2.24, 2.45) is 0 Å². The molecule has 0 saturated carbocycles. The van der Waals surface area contributed by atoms with Crippen LogP contribution < -0.4 is 5.32 Å². The number of halogens is 1. The molecule has 0 radical (unpaired) electrons. The van der Waals surface area contributed by atoms with E-state index in [9.17, 15) is 14.4 Å². The van der Waals surface area contributed by atoms with Crippen LogP contribution in [0.3, 0.4) is 0 Å². The highest BCUT2D eigenvalue weighted by molar-refractivity contribution is 6.33. The lowest BCUT2D eigenvalue weighted by molar-refractivity contribution is -0.159. The molecule has 1 saturated heterocycles. The monoisotopic (exact) mass is 352 g/mol. The number of hydrogen-bond donors (Lipinski definition) is 1. The molecule has 1 aliphatic rings. The van der Waals surface area contributed by atoms with Gasteiger partial charge in [-0.05, 0) is 38.8 Å². The number of carbonyl (C=O) groups is 3. The van der Waals surface area contributed by atoms with Crippen molar-refractivity contribution < 1.29 is 19.1 Å². The van der Waals surface area contributed by atoms with Gasteiger partial charge >= 0.3 is 5.97 Å². The van der Waals surface area contributed by atoms with E-state index in [4.69, 9.17) is 16.3 Å². The van der Waals surface area contributed by atoms with Crippen LogP contribution in [0.1, 0.15) is 37.0 Å². The van der Waals surface area contributed by atoms with E-state index in [1.807, 2.05) is 0 Å². The Morgan fingerprint density at radius 2 is 1.79 bits per heavy atom. The fourth-order valence-electron chi connectivity index (χ4n) is 2.50. The zero-order chi connectivity index (χ0) is 17.7. The Bertz CT molecular complexity index is 629. The number of benzene rings is 1. The molecule has 0 bridgehead atoms. The van der Waals surface area contributed by atoms with Gasteiger partial charge in [0.15, 0.2) is 6.10 Å². The van der Waals surface area contributed by atoms with Gasteiger partial charge in [-0.2, -0.15) is 0 Å². The normalized spacial score (nSPS) is 16.4. The van der Waals surface area contributed by atoms with Crippen LogP contribution in [0.15, 0.2) is 24.3 Å². The lowest BCUT2D eigenvalue weighted by Gasteiger charge is -2.22. The van der Waals surface area contributed by atoms with Crippen molar-refractivity contribution in [3.8, 4) is 0 Å². The Hall–Kier alpha value is -2.08. The number of rotatable bonds is 5. The topological polar surface area (TPSA) is 75.7 Å². The van der Waals surface area contributed by atoms with Gasteiger partial charge in [0.2, 0.25) is 0 Å². The molecule has 1 aromatic carbocycles. The quantitative estimate of drug-likeness (QED) is 0.822. The summed E-state index contributed by atoms with van der Waals surface area (Å²) in [7, 11) is 0. The molecule has 1 aromatic rings. The molecule has 0 aliphatic carbocycles. The first-order chi connectivity index (χ1) is 11.4. The molecular weight excluding hydrogens is 332 g/mol. The van der Waals surface area contributed by atoms with Crippen LogP contribution in [0.25, 0.3) is 0 Å². The minimum Gasteiger partial charge on any atom is -0.451 e. The molecule has 6 nitrogen and oxygen atoms in total. The first-order valence-corrected chi connectivity index (χ1v) is 8.32. The molecular formula is C17H21ClN2O4. The van der Waals surface area contributed by atoms with Gasteiger partial charge in [0.25, 0.3) is 11.8 Å². The van der Waals surface area contributed by atoms with Crippen molar-refractivity contribution in [1.82, 2.24) is 10.2 Å². The van der Waals surface area contributed by atoms with Gasteiger partial charge in [-0.15, -0.1) is 0 Å². The Balaban J connectivity index is 1.88. The Kier molecular flexibility index (Phi) is 6.20. The highest BCUT2D eigenvalue weighted by atomic mass is 35.5. The number of amides is 2. The summed E-state index contributed by atoms with van der Waals surface area (Å²) in [5.74, 6) is -1.33. The average molecular weight is 353 g/mol. The largest absolute Gasteiger partial charge is 0.451 e. The molecule has 130 valence electrons. The predicted octanol–water partition coefficient (Wildman–Crippen LogP) is 2.01. The van der Waals surface area contributed by atoms with Crippen molar-refractivity contribution in [1.29, 1.82) is 0 Å². The number of nitrogens with one attached hydrogen (secondary N) is 1. The van der Waals surface area contributed by atoms with Crippen LogP contribution in [-0.2, 0) is 14.3 Å². The number of likely N-dealkylation sites (tertiary alicyclic amines) is 1. The van der Waals surface area contributed by atoms with Crippen LogP contribution >= 0.6 is 11.6 Å². The third-order valence-electron chi connectivity index (χ3n) is 3.88. The van der Waals surface area contributed by atoms with Crippen molar-refractivity contribution >= 4 is 29.4 Å². The lowest BCUT2D eigenvalue weighted by atomic mass is 10.2. The van der Waals surface area contributed by atoms with E-state index in [-0.39, 0.29) is 11.5 Å². The fraction of sp³-hybridized carbons (Fsp3) is 0.471. The summed E-state index contributed by atoms with van der Waals surface area (Å²) in [6.45, 7) is 4.43. The number of carbonyl (C=O) groups excluding carboxylic acids is 3. The van der Waals surface area contributed by atoms with Gasteiger partial charge in [0.05, 0.1) is 10.6 Å². The summed E-state index contributed by atoms with van der Waals surface area (Å²) in [5.41, 5.74) is 0.278. The molecule has 1 heterocycles. The standard InChI is InChI=1S/C17H21ClN2O4/c1-11(19-15(21)13-7-3-4-8-14(13)18)17(23)24-12(2)16(22)20-9-5-6-10-20/h3-4,7-8,11-12H,5-6,9-10H2,1-2H3,(H,19,21)/t11-,12+/m0/s1. The second-order valence-electron chi connectivity index (χ2n) is 5.79. The van der Waals surface area contributed by atoms with E-state index in [0.29, 0.717) is 18.1 Å². The smallest absolute Gasteiger partial charge is 0.329 e. The summed E-state index contributed by atoms with van der Waals surface area (Å²) in [6.07, 6.45) is 1.07. The van der Waals surface area contributed by atoms with Crippen LogP contribution in [-0.4, -0.2) is 47.9 Å². The molecule has 7 heteroatoms. The lowest BCUT2D eigenvalue weighted by Crippen LogP contribution is -2.44. The van der Waals surface area contributed by atoms with E-state index >= 15 is 0 Å². The van der Waals surface area contributed by atoms with Crippen LogP contribution in [0.5, 0.6) is 0 Å². The zero-order valence-corrected chi connectivity index (χ0v) is 14.5. The van der Waals surface area contributed by atoms with E-state index < -0.39 is 24.0 Å². The first kappa shape index (κ1) is 18.3. The fourth-order valence-corrected chi connectivity index (χ4v) is 2.72. The Morgan fingerprint density at radius 1 is 1.17 bits per heavy atom. The maximum absolute atomic E-state index is 12.1. The van der Waals surface area contributed by atoms with E-state index in [1.54, 1.807) is 36.1 Å². The van der Waals surface area contributed by atoms with Crippen molar-refractivity contribution in [2.75, 3.05) is 13.1 Å². The zero-order valence-electron chi connectivity index (χ0n) is 13.8. The van der Waals surface area contributed by atoms with Crippen molar-refractivity contribution in [3.05, 3.63) is 34.9 Å². The Labute approximate surface area is 146 Å². The minimum atomic E-state index is -0.886. The minimum absolute atomic E-state index is 0.203. The predicted molar refractivity (Wildman–Crippen MR) is 89.7 cm³/mol. The number of ether oxygens (including phenoxy) is 1. The van der Waals surface area contributed by atoms with Crippen molar-refractivity contribution in [3.63, 3.8) is 0 Å². The highest BCUT2D eigenvalue weighted by Gasteiger charge is 2.28. The third kappa shape index (κ3) is 4.47. The van der Waals surface area contributed by atoms with Gasteiger partial charge in [-0.25, -0.2) is 4.79 Å². The summed E-state index contributed by atoms with van der Waals surface area (Å²) in [6, 6.07) is 5.66. The van der Waals surface area contributed by atoms with Crippen LogP contribution in [0.4, 0.5) is 0 Å². The van der Waals surface area contributed by atoms with Gasteiger partial charge in [0, 0.05) is 13.1 Å². The van der Waals surface area contributed by atoms with Crippen LogP contribution in [0.2, 0.25) is 5.02 Å². The van der Waals surface area contributed by atoms with E-state index in [0.717, 1.165) is 12.8 Å². The van der Waals surface area contributed by atoms with Crippen molar-refractivity contribution in [2.45, 2.75) is 38.8 Å².